The van der Waals surface area contributed by atoms with E-state index in [1.807, 2.05) is 23.1 Å². The Morgan fingerprint density at radius 3 is 2.96 bits per heavy atom. The van der Waals surface area contributed by atoms with E-state index in [1.54, 1.807) is 6.07 Å². The van der Waals surface area contributed by atoms with Gasteiger partial charge in [-0.25, -0.2) is 0 Å². The number of hydrogen-bond acceptors (Lipinski definition) is 5. The molecule has 0 N–H and O–H groups in total. The molecule has 6 heteroatoms. The number of rotatable bonds is 2. The summed E-state index contributed by atoms with van der Waals surface area (Å²) < 4.78 is 16.0. The first-order valence-electron chi connectivity index (χ1n) is 7.90. The summed E-state index contributed by atoms with van der Waals surface area (Å²) in [5.74, 6) is 1.88. The highest BCUT2D eigenvalue weighted by atomic mass is 16.7. The van der Waals surface area contributed by atoms with Crippen molar-refractivity contribution in [1.29, 1.82) is 0 Å². The van der Waals surface area contributed by atoms with Crippen LogP contribution < -0.4 is 9.47 Å². The summed E-state index contributed by atoms with van der Waals surface area (Å²) in [6.45, 7) is 3.09. The van der Waals surface area contributed by atoms with E-state index < -0.39 is 0 Å². The van der Waals surface area contributed by atoms with Gasteiger partial charge in [-0.1, -0.05) is 5.16 Å². The van der Waals surface area contributed by atoms with Crippen molar-refractivity contribution in [1.82, 2.24) is 10.1 Å². The van der Waals surface area contributed by atoms with Crippen LogP contribution >= 0.6 is 0 Å². The fourth-order valence-corrected chi connectivity index (χ4v) is 3.11. The Hall–Kier alpha value is -2.50. The molecule has 0 bridgehead atoms. The smallest absolute Gasteiger partial charge is 0.276 e. The molecule has 0 saturated carbocycles. The SMILES string of the molecule is C[C@@H]1CCCCN1C(=O)c1cc(-c2ccc3c(c2)OCO3)on1. The molecule has 1 atom stereocenters. The van der Waals surface area contributed by atoms with Gasteiger partial charge in [-0.2, -0.15) is 0 Å². The molecule has 3 heterocycles. The predicted octanol–water partition coefficient (Wildman–Crippen LogP) is 3.08. The molecule has 1 aromatic heterocycles. The molecule has 1 aromatic carbocycles. The highest BCUT2D eigenvalue weighted by Gasteiger charge is 2.27. The largest absolute Gasteiger partial charge is 0.454 e. The second-order valence-electron chi connectivity index (χ2n) is 5.99. The van der Waals surface area contributed by atoms with E-state index in [-0.39, 0.29) is 18.7 Å². The molecule has 4 rings (SSSR count). The Morgan fingerprint density at radius 1 is 1.22 bits per heavy atom. The van der Waals surface area contributed by atoms with Crippen molar-refractivity contribution in [2.45, 2.75) is 32.2 Å². The first kappa shape index (κ1) is 14.1. The number of aromatic nitrogens is 1. The van der Waals surface area contributed by atoms with Gasteiger partial charge < -0.3 is 18.9 Å². The monoisotopic (exact) mass is 314 g/mol. The molecular weight excluding hydrogens is 296 g/mol. The van der Waals surface area contributed by atoms with E-state index in [9.17, 15) is 4.79 Å². The number of fused-ring (bicyclic) bond motifs is 1. The van der Waals surface area contributed by atoms with Crippen LogP contribution in [-0.2, 0) is 0 Å². The fourth-order valence-electron chi connectivity index (χ4n) is 3.11. The van der Waals surface area contributed by atoms with Crippen LogP contribution in [0.15, 0.2) is 28.8 Å². The standard InChI is InChI=1S/C17H18N2O4/c1-11-4-2-3-7-19(11)17(20)13-9-15(23-18-13)12-5-6-14-16(8-12)22-10-21-14/h5-6,8-9,11H,2-4,7,10H2,1H3/t11-/m1/s1. The molecule has 0 spiro atoms. The molecule has 23 heavy (non-hydrogen) atoms. The minimum atomic E-state index is -0.0621. The first-order valence-corrected chi connectivity index (χ1v) is 7.90. The highest BCUT2D eigenvalue weighted by molar-refractivity contribution is 5.93. The van der Waals surface area contributed by atoms with Crippen LogP contribution in [0.25, 0.3) is 11.3 Å². The van der Waals surface area contributed by atoms with Crippen LogP contribution in [0.4, 0.5) is 0 Å². The van der Waals surface area contributed by atoms with Crippen molar-refractivity contribution in [2.24, 2.45) is 0 Å². The first-order chi connectivity index (χ1) is 11.2. The van der Waals surface area contributed by atoms with Gasteiger partial charge in [0.25, 0.3) is 5.91 Å². The van der Waals surface area contributed by atoms with E-state index in [2.05, 4.69) is 12.1 Å². The second kappa shape index (κ2) is 5.61. The number of likely N-dealkylation sites (tertiary alicyclic amines) is 1. The Labute approximate surface area is 134 Å². The van der Waals surface area contributed by atoms with E-state index in [4.69, 9.17) is 14.0 Å². The maximum Gasteiger partial charge on any atom is 0.276 e. The van der Waals surface area contributed by atoms with Gasteiger partial charge >= 0.3 is 0 Å². The Morgan fingerprint density at radius 2 is 2.09 bits per heavy atom. The lowest BCUT2D eigenvalue weighted by Gasteiger charge is -2.32. The van der Waals surface area contributed by atoms with Gasteiger partial charge in [-0.05, 0) is 44.4 Å². The lowest BCUT2D eigenvalue weighted by molar-refractivity contribution is 0.0625. The van der Waals surface area contributed by atoms with Crippen LogP contribution in [0.3, 0.4) is 0 Å². The molecule has 1 fully saturated rings. The molecule has 120 valence electrons. The molecule has 0 unspecified atom stereocenters. The number of ether oxygens (including phenoxy) is 2. The van der Waals surface area contributed by atoms with Gasteiger partial charge in [0.15, 0.2) is 23.0 Å². The Kier molecular flexibility index (Phi) is 3.44. The van der Waals surface area contributed by atoms with Crippen molar-refractivity contribution in [2.75, 3.05) is 13.3 Å². The van der Waals surface area contributed by atoms with Gasteiger partial charge in [-0.3, -0.25) is 4.79 Å². The third-order valence-corrected chi connectivity index (χ3v) is 4.45. The molecule has 2 aliphatic heterocycles. The van der Waals surface area contributed by atoms with Gasteiger partial charge in [0.2, 0.25) is 6.79 Å². The van der Waals surface area contributed by atoms with Crippen molar-refractivity contribution >= 4 is 5.91 Å². The van der Waals surface area contributed by atoms with Gasteiger partial charge in [0.1, 0.15) is 0 Å². The van der Waals surface area contributed by atoms with E-state index in [1.165, 1.54) is 6.42 Å². The quantitative estimate of drug-likeness (QED) is 0.852. The average Bonchev–Trinajstić information content (AvgIpc) is 3.23. The second-order valence-corrected chi connectivity index (χ2v) is 5.99. The third-order valence-electron chi connectivity index (χ3n) is 4.45. The maximum absolute atomic E-state index is 12.6. The number of nitrogens with zero attached hydrogens (tertiary/aromatic N) is 2. The van der Waals surface area contributed by atoms with E-state index in [0.29, 0.717) is 23.0 Å². The fraction of sp³-hybridized carbons (Fsp3) is 0.412. The van der Waals surface area contributed by atoms with Gasteiger partial charge in [0, 0.05) is 24.2 Å². The summed E-state index contributed by atoms with van der Waals surface area (Å²) in [6.07, 6.45) is 3.26. The minimum Gasteiger partial charge on any atom is -0.454 e. The van der Waals surface area contributed by atoms with E-state index in [0.717, 1.165) is 24.9 Å². The van der Waals surface area contributed by atoms with Gasteiger partial charge in [0.05, 0.1) is 0 Å². The highest BCUT2D eigenvalue weighted by Crippen LogP contribution is 2.36. The summed E-state index contributed by atoms with van der Waals surface area (Å²) >= 11 is 0. The number of hydrogen-bond donors (Lipinski definition) is 0. The van der Waals surface area contributed by atoms with Crippen molar-refractivity contribution < 1.29 is 18.8 Å². The van der Waals surface area contributed by atoms with Gasteiger partial charge in [-0.15, -0.1) is 0 Å². The van der Waals surface area contributed by atoms with Crippen molar-refractivity contribution in [3.05, 3.63) is 30.0 Å². The predicted molar refractivity (Wildman–Crippen MR) is 82.4 cm³/mol. The zero-order valence-electron chi connectivity index (χ0n) is 12.9. The topological polar surface area (TPSA) is 64.8 Å². The number of benzene rings is 1. The van der Waals surface area contributed by atoms with Crippen LogP contribution in [0.5, 0.6) is 11.5 Å². The van der Waals surface area contributed by atoms with Crippen LogP contribution in [0.1, 0.15) is 36.7 Å². The summed E-state index contributed by atoms with van der Waals surface area (Å²) in [6, 6.07) is 7.48. The molecular formula is C17H18N2O4. The molecule has 0 radical (unpaired) electrons. The Balaban J connectivity index is 1.58. The maximum atomic E-state index is 12.6. The molecule has 2 aliphatic rings. The zero-order valence-corrected chi connectivity index (χ0v) is 12.9. The van der Waals surface area contributed by atoms with Crippen molar-refractivity contribution in [3.63, 3.8) is 0 Å². The number of carbonyl (C=O) groups excluding carboxylic acids is 1. The van der Waals surface area contributed by atoms with Crippen molar-refractivity contribution in [3.8, 4) is 22.8 Å². The summed E-state index contributed by atoms with van der Waals surface area (Å²) in [5, 5.41) is 3.96. The summed E-state index contributed by atoms with van der Waals surface area (Å²) in [4.78, 5) is 14.5. The molecule has 1 amide bonds. The Bertz CT molecular complexity index is 740. The summed E-state index contributed by atoms with van der Waals surface area (Å²) in [7, 11) is 0. The van der Waals surface area contributed by atoms with Crippen LogP contribution in [-0.4, -0.2) is 35.3 Å². The molecule has 2 aromatic rings. The molecule has 6 nitrogen and oxygen atoms in total. The van der Waals surface area contributed by atoms with Crippen LogP contribution in [0, 0.1) is 0 Å². The number of carbonyl (C=O) groups is 1. The lowest BCUT2D eigenvalue weighted by Crippen LogP contribution is -2.42. The normalized spacial score (nSPS) is 19.9. The van der Waals surface area contributed by atoms with E-state index >= 15 is 0 Å². The number of piperidine rings is 1. The summed E-state index contributed by atoms with van der Waals surface area (Å²) in [5.41, 5.74) is 1.17. The molecule has 1 saturated heterocycles. The average molecular weight is 314 g/mol. The zero-order chi connectivity index (χ0) is 15.8. The molecule has 0 aliphatic carbocycles. The third kappa shape index (κ3) is 2.54. The minimum absolute atomic E-state index is 0.0621. The van der Waals surface area contributed by atoms with Crippen LogP contribution in [0.2, 0.25) is 0 Å². The lowest BCUT2D eigenvalue weighted by atomic mass is 10.0. The number of amides is 1.